The minimum Gasteiger partial charge on any atom is -0.288 e. The van der Waals surface area contributed by atoms with E-state index in [1.54, 1.807) is 28.8 Å². The summed E-state index contributed by atoms with van der Waals surface area (Å²) in [5.41, 5.74) is 2.64. The average Bonchev–Trinajstić information content (AvgIpc) is 2.79. The van der Waals surface area contributed by atoms with E-state index in [2.05, 4.69) is 15.9 Å². The molecular weight excluding hydrogens is 318 g/mol. The van der Waals surface area contributed by atoms with Crippen LogP contribution in [0.5, 0.6) is 0 Å². The number of carbonyl (C=O) groups is 1. The molecule has 0 bridgehead atoms. The molecule has 2 heterocycles. The van der Waals surface area contributed by atoms with Gasteiger partial charge < -0.3 is 0 Å². The SMILES string of the molecule is O=C1c2ccccc2-c2c(Br)c(=O)c3ccccc3n21. The van der Waals surface area contributed by atoms with Crippen LogP contribution in [0, 0.1) is 0 Å². The molecule has 0 aliphatic carbocycles. The van der Waals surface area contributed by atoms with Gasteiger partial charge in [0.1, 0.15) is 0 Å². The molecule has 20 heavy (non-hydrogen) atoms. The monoisotopic (exact) mass is 325 g/mol. The molecule has 1 aliphatic heterocycles. The van der Waals surface area contributed by atoms with Crippen LogP contribution in [0.4, 0.5) is 0 Å². The zero-order valence-corrected chi connectivity index (χ0v) is 11.8. The Bertz CT molecular complexity index is 956. The van der Waals surface area contributed by atoms with E-state index in [1.807, 2.05) is 24.3 Å². The molecule has 1 aliphatic rings. The molecule has 3 nitrogen and oxygen atoms in total. The molecule has 3 aromatic rings. The Morgan fingerprint density at radius 2 is 1.50 bits per heavy atom. The lowest BCUT2D eigenvalue weighted by Gasteiger charge is -2.09. The Balaban J connectivity index is 2.30. The van der Waals surface area contributed by atoms with E-state index in [4.69, 9.17) is 0 Å². The van der Waals surface area contributed by atoms with Gasteiger partial charge in [-0.3, -0.25) is 14.2 Å². The van der Waals surface area contributed by atoms with Gasteiger partial charge in [0.15, 0.2) is 0 Å². The molecule has 0 N–H and O–H groups in total. The minimum atomic E-state index is -0.0903. The largest absolute Gasteiger partial charge is 0.288 e. The van der Waals surface area contributed by atoms with Gasteiger partial charge in [0.2, 0.25) is 5.43 Å². The molecule has 96 valence electrons. The van der Waals surface area contributed by atoms with Gasteiger partial charge in [0.25, 0.3) is 5.91 Å². The first-order valence-corrected chi connectivity index (χ1v) is 6.97. The summed E-state index contributed by atoms with van der Waals surface area (Å²) in [5, 5.41) is 0.546. The number of para-hydroxylation sites is 1. The first kappa shape index (κ1) is 11.6. The first-order chi connectivity index (χ1) is 9.70. The van der Waals surface area contributed by atoms with E-state index < -0.39 is 0 Å². The quantitative estimate of drug-likeness (QED) is 0.497. The second kappa shape index (κ2) is 3.90. The van der Waals surface area contributed by atoms with E-state index >= 15 is 0 Å². The molecule has 2 aromatic carbocycles. The number of pyridine rings is 1. The Morgan fingerprint density at radius 3 is 2.30 bits per heavy atom. The van der Waals surface area contributed by atoms with Gasteiger partial charge in [-0.15, -0.1) is 0 Å². The van der Waals surface area contributed by atoms with Crippen LogP contribution in [-0.4, -0.2) is 10.5 Å². The van der Waals surface area contributed by atoms with Gasteiger partial charge in [0.05, 0.1) is 15.7 Å². The zero-order valence-electron chi connectivity index (χ0n) is 10.3. The van der Waals surface area contributed by atoms with Crippen molar-refractivity contribution >= 4 is 32.7 Å². The van der Waals surface area contributed by atoms with E-state index in [9.17, 15) is 9.59 Å². The smallest absolute Gasteiger partial charge is 0.263 e. The summed E-state index contributed by atoms with van der Waals surface area (Å²) in [4.78, 5) is 25.0. The van der Waals surface area contributed by atoms with Gasteiger partial charge >= 0.3 is 0 Å². The van der Waals surface area contributed by atoms with E-state index in [0.29, 0.717) is 26.6 Å². The molecule has 4 rings (SSSR count). The van der Waals surface area contributed by atoms with Crippen LogP contribution in [0.15, 0.2) is 57.8 Å². The number of carbonyl (C=O) groups excluding carboxylic acids is 1. The predicted octanol–water partition coefficient (Wildman–Crippen LogP) is 3.43. The molecule has 0 unspecified atom stereocenters. The third-order valence-corrected chi connectivity index (χ3v) is 4.37. The topological polar surface area (TPSA) is 39.1 Å². The van der Waals surface area contributed by atoms with Crippen molar-refractivity contribution in [2.24, 2.45) is 0 Å². The lowest BCUT2D eigenvalue weighted by atomic mass is 10.1. The molecule has 0 spiro atoms. The highest BCUT2D eigenvalue weighted by atomic mass is 79.9. The molecule has 0 fully saturated rings. The second-order valence-corrected chi connectivity index (χ2v) is 5.49. The fraction of sp³-hybridized carbons (Fsp3) is 0. The van der Waals surface area contributed by atoms with Gasteiger partial charge in [-0.2, -0.15) is 0 Å². The maximum absolute atomic E-state index is 12.6. The Hall–Kier alpha value is -2.20. The summed E-state index contributed by atoms with van der Waals surface area (Å²) >= 11 is 3.36. The number of fused-ring (bicyclic) bond motifs is 5. The highest BCUT2D eigenvalue weighted by molar-refractivity contribution is 9.10. The molecule has 1 aromatic heterocycles. The first-order valence-electron chi connectivity index (χ1n) is 6.17. The van der Waals surface area contributed by atoms with Crippen LogP contribution in [0.25, 0.3) is 22.2 Å². The van der Waals surface area contributed by atoms with Crippen molar-refractivity contribution in [2.75, 3.05) is 0 Å². The van der Waals surface area contributed by atoms with Crippen molar-refractivity contribution in [2.45, 2.75) is 0 Å². The van der Waals surface area contributed by atoms with E-state index in [-0.39, 0.29) is 11.3 Å². The molecular formula is C16H8BrNO2. The standard InChI is InChI=1S/C16H8BrNO2/c17-13-14-9-5-1-2-6-10(9)16(20)18(14)12-8-4-3-7-11(12)15(13)19/h1-8H. The highest BCUT2D eigenvalue weighted by Gasteiger charge is 2.30. The normalized spacial score (nSPS) is 12.6. The van der Waals surface area contributed by atoms with Crippen molar-refractivity contribution in [3.63, 3.8) is 0 Å². The number of halogens is 1. The molecule has 4 heteroatoms. The van der Waals surface area contributed by atoms with E-state index in [0.717, 1.165) is 5.56 Å². The molecule has 0 atom stereocenters. The fourth-order valence-electron chi connectivity index (χ4n) is 2.75. The average molecular weight is 326 g/mol. The van der Waals surface area contributed by atoms with Crippen molar-refractivity contribution in [1.29, 1.82) is 0 Å². The van der Waals surface area contributed by atoms with Gasteiger partial charge in [-0.25, -0.2) is 0 Å². The van der Waals surface area contributed by atoms with Crippen LogP contribution in [0.2, 0.25) is 0 Å². The van der Waals surface area contributed by atoms with Crippen molar-refractivity contribution < 1.29 is 4.79 Å². The maximum atomic E-state index is 12.6. The Kier molecular flexibility index (Phi) is 2.26. The fourth-order valence-corrected chi connectivity index (χ4v) is 3.36. The predicted molar refractivity (Wildman–Crippen MR) is 81.1 cm³/mol. The van der Waals surface area contributed by atoms with Gasteiger partial charge in [0, 0.05) is 16.5 Å². The van der Waals surface area contributed by atoms with Gasteiger partial charge in [-0.1, -0.05) is 30.3 Å². The summed E-state index contributed by atoms with van der Waals surface area (Å²) < 4.78 is 2.06. The third kappa shape index (κ3) is 1.29. The third-order valence-electron chi connectivity index (χ3n) is 3.64. The summed E-state index contributed by atoms with van der Waals surface area (Å²) in [6.07, 6.45) is 0. The molecule has 0 saturated carbocycles. The molecule has 0 radical (unpaired) electrons. The summed E-state index contributed by atoms with van der Waals surface area (Å²) in [5.74, 6) is -0.0903. The minimum absolute atomic E-state index is 0.0867. The summed E-state index contributed by atoms with van der Waals surface area (Å²) in [6.45, 7) is 0. The van der Waals surface area contributed by atoms with Gasteiger partial charge in [-0.05, 0) is 34.1 Å². The van der Waals surface area contributed by atoms with Crippen molar-refractivity contribution in [1.82, 2.24) is 4.57 Å². The van der Waals surface area contributed by atoms with Crippen LogP contribution < -0.4 is 5.43 Å². The summed E-state index contributed by atoms with van der Waals surface area (Å²) in [6, 6.07) is 14.5. The molecule has 0 amide bonds. The number of nitrogens with zero attached hydrogens (tertiary/aromatic N) is 1. The maximum Gasteiger partial charge on any atom is 0.263 e. The van der Waals surface area contributed by atoms with Crippen LogP contribution in [-0.2, 0) is 0 Å². The second-order valence-electron chi connectivity index (χ2n) is 4.70. The Morgan fingerprint density at radius 1 is 0.850 bits per heavy atom. The number of hydrogen-bond donors (Lipinski definition) is 0. The van der Waals surface area contributed by atoms with Crippen LogP contribution in [0.1, 0.15) is 10.4 Å². The van der Waals surface area contributed by atoms with Crippen LogP contribution in [0.3, 0.4) is 0 Å². The van der Waals surface area contributed by atoms with E-state index in [1.165, 1.54) is 0 Å². The lowest BCUT2D eigenvalue weighted by Crippen LogP contribution is -2.14. The number of aromatic nitrogens is 1. The van der Waals surface area contributed by atoms with Crippen LogP contribution >= 0.6 is 15.9 Å². The van der Waals surface area contributed by atoms with Crippen molar-refractivity contribution in [3.05, 3.63) is 68.8 Å². The number of hydrogen-bond acceptors (Lipinski definition) is 2. The molecule has 0 saturated heterocycles. The zero-order chi connectivity index (χ0) is 13.9. The van der Waals surface area contributed by atoms with Crippen molar-refractivity contribution in [3.8, 4) is 11.3 Å². The number of benzene rings is 2. The lowest BCUT2D eigenvalue weighted by molar-refractivity contribution is 0.0973. The highest BCUT2D eigenvalue weighted by Crippen LogP contribution is 2.37. The number of rotatable bonds is 0. The Labute approximate surface area is 122 Å². The summed E-state index contributed by atoms with van der Waals surface area (Å²) in [7, 11) is 0.